The molecule has 1 fully saturated rings. The molecular weight excluding hydrogens is 268 g/mol. The van der Waals surface area contributed by atoms with Gasteiger partial charge in [-0.1, -0.05) is 6.07 Å². The molecule has 0 bridgehead atoms. The molecule has 0 aromatic carbocycles. The first-order valence-corrected chi connectivity index (χ1v) is 7.21. The molecule has 1 aliphatic heterocycles. The van der Waals surface area contributed by atoms with Crippen molar-refractivity contribution in [2.75, 3.05) is 20.2 Å². The molecule has 0 spiro atoms. The predicted molar refractivity (Wildman–Crippen MR) is 78.9 cm³/mol. The van der Waals surface area contributed by atoms with Gasteiger partial charge in [0.15, 0.2) is 11.9 Å². The number of aromatic nitrogens is 1. The van der Waals surface area contributed by atoms with Gasteiger partial charge >= 0.3 is 6.09 Å². The summed E-state index contributed by atoms with van der Waals surface area (Å²) in [5.74, 6) is 0. The summed E-state index contributed by atoms with van der Waals surface area (Å²) in [4.78, 5) is 13.7. The van der Waals surface area contributed by atoms with Gasteiger partial charge in [0.25, 0.3) is 0 Å². The highest BCUT2D eigenvalue weighted by atomic mass is 16.6. The first-order chi connectivity index (χ1) is 9.75. The van der Waals surface area contributed by atoms with E-state index < -0.39 is 5.60 Å². The molecule has 0 unspecified atom stereocenters. The van der Waals surface area contributed by atoms with Gasteiger partial charge in [-0.25, -0.2) is 9.36 Å². The fraction of sp³-hybridized carbons (Fsp3) is 0.625. The number of carbonyl (C=O) groups excluding carboxylic acids is 1. The fourth-order valence-electron chi connectivity index (χ4n) is 2.49. The lowest BCUT2D eigenvalue weighted by molar-refractivity contribution is -0.680. The van der Waals surface area contributed by atoms with Crippen molar-refractivity contribution in [1.29, 1.82) is 0 Å². The van der Waals surface area contributed by atoms with Gasteiger partial charge in [-0.3, -0.25) is 0 Å². The second-order valence-corrected chi connectivity index (χ2v) is 6.70. The quantitative estimate of drug-likeness (QED) is 0.797. The minimum atomic E-state index is -0.464. The summed E-state index contributed by atoms with van der Waals surface area (Å²) in [5.41, 5.74) is 0.410. The number of aryl methyl sites for hydroxylation is 1. The van der Waals surface area contributed by atoms with E-state index in [2.05, 4.69) is 10.6 Å². The Balaban J connectivity index is 1.98. The summed E-state index contributed by atoms with van der Waals surface area (Å²) in [5, 5.41) is 0. The van der Waals surface area contributed by atoms with Gasteiger partial charge in [-0.2, -0.15) is 0 Å². The van der Waals surface area contributed by atoms with Crippen molar-refractivity contribution >= 4 is 6.09 Å². The van der Waals surface area contributed by atoms with Crippen LogP contribution in [0.1, 0.15) is 26.5 Å². The van der Waals surface area contributed by atoms with Gasteiger partial charge in [0, 0.05) is 19.2 Å². The molecule has 1 aliphatic rings. The van der Waals surface area contributed by atoms with Crippen LogP contribution >= 0.6 is 0 Å². The van der Waals surface area contributed by atoms with E-state index in [1.54, 1.807) is 12.0 Å². The van der Waals surface area contributed by atoms with Crippen LogP contribution in [0.3, 0.4) is 0 Å². The molecule has 1 aromatic heterocycles. The Labute approximate surface area is 126 Å². The molecule has 1 saturated heterocycles. The molecule has 0 radical (unpaired) electrons. The average molecular weight is 293 g/mol. The van der Waals surface area contributed by atoms with Crippen LogP contribution in [0.2, 0.25) is 0 Å². The van der Waals surface area contributed by atoms with Crippen LogP contribution in [0.15, 0.2) is 24.4 Å². The Morgan fingerprint density at radius 1 is 1.38 bits per heavy atom. The Morgan fingerprint density at radius 2 is 2.05 bits per heavy atom. The van der Waals surface area contributed by atoms with Crippen LogP contribution in [0.25, 0.3) is 0 Å². The highest BCUT2D eigenvalue weighted by Crippen LogP contribution is 2.29. The van der Waals surface area contributed by atoms with Gasteiger partial charge in [0.2, 0.25) is 0 Å². The Morgan fingerprint density at radius 3 is 2.57 bits per heavy atom. The molecule has 0 atom stereocenters. The minimum absolute atomic E-state index is 0.271. The standard InChI is InChI=1S/C16H25N2O3/c1-15(2,3)21-14(19)18-11-16(12-18,20-5)10-13-8-6-7-9-17(13)4/h6-9H,10-12H2,1-5H3/q+1. The number of ether oxygens (including phenoxy) is 2. The number of rotatable bonds is 3. The van der Waals surface area contributed by atoms with E-state index in [0.29, 0.717) is 13.1 Å². The number of hydrogen-bond donors (Lipinski definition) is 0. The van der Waals surface area contributed by atoms with Crippen molar-refractivity contribution in [1.82, 2.24) is 4.90 Å². The lowest BCUT2D eigenvalue weighted by Gasteiger charge is -2.48. The normalized spacial score (nSPS) is 17.3. The van der Waals surface area contributed by atoms with Crippen LogP contribution in [0, 0.1) is 0 Å². The third kappa shape index (κ3) is 3.73. The maximum Gasteiger partial charge on any atom is 0.410 e. The Kier molecular flexibility index (Phi) is 4.23. The van der Waals surface area contributed by atoms with Crippen molar-refractivity contribution < 1.29 is 18.8 Å². The summed E-state index contributed by atoms with van der Waals surface area (Å²) < 4.78 is 13.1. The van der Waals surface area contributed by atoms with Gasteiger partial charge in [0.05, 0.1) is 19.5 Å². The summed E-state index contributed by atoms with van der Waals surface area (Å²) in [6.07, 6.45) is 2.52. The number of pyridine rings is 1. The third-order valence-electron chi connectivity index (χ3n) is 3.71. The van der Waals surface area contributed by atoms with Crippen LogP contribution in [-0.4, -0.2) is 42.4 Å². The zero-order chi connectivity index (χ0) is 15.7. The highest BCUT2D eigenvalue weighted by molar-refractivity contribution is 5.69. The summed E-state index contributed by atoms with van der Waals surface area (Å²) in [7, 11) is 3.72. The van der Waals surface area contributed by atoms with Crippen LogP contribution in [0.4, 0.5) is 4.79 Å². The Bertz CT molecular complexity index is 516. The number of amides is 1. The summed E-state index contributed by atoms with van der Waals surface area (Å²) in [6.45, 7) is 6.75. The van der Waals surface area contributed by atoms with Gasteiger partial charge < -0.3 is 14.4 Å². The molecule has 1 amide bonds. The molecule has 5 heteroatoms. The smallest absolute Gasteiger partial charge is 0.410 e. The first-order valence-electron chi connectivity index (χ1n) is 7.21. The largest absolute Gasteiger partial charge is 0.444 e. The van der Waals surface area contributed by atoms with E-state index in [9.17, 15) is 4.79 Å². The van der Waals surface area contributed by atoms with Crippen LogP contribution in [-0.2, 0) is 22.9 Å². The topological polar surface area (TPSA) is 42.7 Å². The number of methoxy groups -OCH3 is 1. The van der Waals surface area contributed by atoms with Gasteiger partial charge in [-0.15, -0.1) is 0 Å². The lowest BCUT2D eigenvalue weighted by atomic mass is 9.88. The second-order valence-electron chi connectivity index (χ2n) is 6.70. The molecule has 5 nitrogen and oxygen atoms in total. The van der Waals surface area contributed by atoms with Crippen LogP contribution < -0.4 is 4.57 Å². The zero-order valence-corrected chi connectivity index (χ0v) is 13.5. The van der Waals surface area contributed by atoms with Gasteiger partial charge in [0.1, 0.15) is 18.2 Å². The van der Waals surface area contributed by atoms with E-state index in [-0.39, 0.29) is 11.7 Å². The van der Waals surface area contributed by atoms with Crippen molar-refractivity contribution in [3.8, 4) is 0 Å². The number of carbonyl (C=O) groups is 1. The monoisotopic (exact) mass is 293 g/mol. The molecule has 0 aliphatic carbocycles. The average Bonchev–Trinajstić information content (AvgIpc) is 2.33. The summed E-state index contributed by atoms with van der Waals surface area (Å²) >= 11 is 0. The van der Waals surface area contributed by atoms with E-state index in [1.807, 2.05) is 46.1 Å². The highest BCUT2D eigenvalue weighted by Gasteiger charge is 2.48. The van der Waals surface area contributed by atoms with Crippen LogP contribution in [0.5, 0.6) is 0 Å². The maximum atomic E-state index is 12.0. The van der Waals surface area contributed by atoms with E-state index in [0.717, 1.165) is 6.42 Å². The SMILES string of the molecule is COC1(Cc2cccc[n+]2C)CN(C(=O)OC(C)(C)C)C1. The predicted octanol–water partition coefficient (Wildman–Crippen LogP) is 1.69. The second kappa shape index (κ2) is 5.64. The van der Waals surface area contributed by atoms with E-state index >= 15 is 0 Å². The Hall–Kier alpha value is -1.62. The first kappa shape index (κ1) is 15.8. The lowest BCUT2D eigenvalue weighted by Crippen LogP contribution is -2.66. The number of likely N-dealkylation sites (tertiary alicyclic amines) is 1. The van der Waals surface area contributed by atoms with E-state index in [1.165, 1.54) is 5.69 Å². The van der Waals surface area contributed by atoms with Crippen molar-refractivity contribution in [2.45, 2.75) is 38.4 Å². The van der Waals surface area contributed by atoms with Crippen molar-refractivity contribution in [3.63, 3.8) is 0 Å². The molecular formula is C16H25N2O3+. The maximum absolute atomic E-state index is 12.0. The fourth-order valence-corrected chi connectivity index (χ4v) is 2.49. The molecule has 0 N–H and O–H groups in total. The minimum Gasteiger partial charge on any atom is -0.444 e. The number of nitrogens with zero attached hydrogens (tertiary/aromatic N) is 2. The zero-order valence-electron chi connectivity index (χ0n) is 13.5. The van der Waals surface area contributed by atoms with Gasteiger partial charge in [-0.05, 0) is 20.8 Å². The van der Waals surface area contributed by atoms with Crippen molar-refractivity contribution in [2.24, 2.45) is 7.05 Å². The molecule has 116 valence electrons. The number of hydrogen-bond acceptors (Lipinski definition) is 3. The summed E-state index contributed by atoms with van der Waals surface area (Å²) in [6, 6.07) is 6.09. The molecule has 21 heavy (non-hydrogen) atoms. The van der Waals surface area contributed by atoms with E-state index in [4.69, 9.17) is 9.47 Å². The molecule has 2 heterocycles. The molecule has 0 saturated carbocycles. The third-order valence-corrected chi connectivity index (χ3v) is 3.71. The van der Waals surface area contributed by atoms with Crippen molar-refractivity contribution in [3.05, 3.63) is 30.1 Å². The molecule has 1 aromatic rings. The molecule has 2 rings (SSSR count).